The number of carbonyl (C=O) groups is 1. The Hall–Kier alpha value is -1.73. The molecule has 7 heteroatoms. The monoisotopic (exact) mass is 444 g/mol. The summed E-state index contributed by atoms with van der Waals surface area (Å²) in [7, 11) is 0. The highest BCUT2D eigenvalue weighted by molar-refractivity contribution is 7.18. The third-order valence-electron chi connectivity index (χ3n) is 7.11. The van der Waals surface area contributed by atoms with Crippen LogP contribution in [0.4, 0.5) is 0 Å². The van der Waals surface area contributed by atoms with Gasteiger partial charge in [0.2, 0.25) is 5.91 Å². The second kappa shape index (κ2) is 9.02. The van der Waals surface area contributed by atoms with E-state index in [0.29, 0.717) is 12.6 Å². The summed E-state index contributed by atoms with van der Waals surface area (Å²) in [5, 5.41) is 0.780. The molecule has 2 saturated heterocycles. The van der Waals surface area contributed by atoms with Crippen molar-refractivity contribution in [3.63, 3.8) is 0 Å². The predicted octanol–water partition coefficient (Wildman–Crippen LogP) is 4.24. The Kier molecular flexibility index (Phi) is 6.54. The normalized spacial score (nSPS) is 23.1. The van der Waals surface area contributed by atoms with Crippen LogP contribution < -0.4 is 5.56 Å². The van der Waals surface area contributed by atoms with Gasteiger partial charge in [0, 0.05) is 29.9 Å². The van der Waals surface area contributed by atoms with Gasteiger partial charge in [-0.25, -0.2) is 4.98 Å². The van der Waals surface area contributed by atoms with E-state index in [1.54, 1.807) is 11.3 Å². The molecular formula is C24H36N4O2S. The minimum absolute atomic E-state index is 0.0711. The van der Waals surface area contributed by atoms with Crippen LogP contribution in [0.3, 0.4) is 0 Å². The molecule has 6 nitrogen and oxygen atoms in total. The second-order valence-corrected chi connectivity index (χ2v) is 10.9. The van der Waals surface area contributed by atoms with Gasteiger partial charge < -0.3 is 4.90 Å². The van der Waals surface area contributed by atoms with Crippen molar-refractivity contribution >= 4 is 27.5 Å². The summed E-state index contributed by atoms with van der Waals surface area (Å²) >= 11 is 1.62. The minimum atomic E-state index is 0.0711. The largest absolute Gasteiger partial charge is 0.339 e. The number of fused-ring (bicyclic) bond motifs is 1. The Balaban J connectivity index is 1.61. The maximum atomic E-state index is 13.6. The number of likely N-dealkylation sites (tertiary alicyclic amines) is 2. The van der Waals surface area contributed by atoms with Crippen LogP contribution in [0.2, 0.25) is 0 Å². The smallest absolute Gasteiger partial charge is 0.262 e. The highest BCUT2D eigenvalue weighted by Gasteiger charge is 2.30. The Labute approximate surface area is 189 Å². The van der Waals surface area contributed by atoms with E-state index >= 15 is 0 Å². The Morgan fingerprint density at radius 2 is 1.94 bits per heavy atom. The fourth-order valence-electron chi connectivity index (χ4n) is 5.22. The molecule has 2 aromatic rings. The van der Waals surface area contributed by atoms with Crippen LogP contribution in [0.15, 0.2) is 4.79 Å². The van der Waals surface area contributed by atoms with E-state index in [-0.39, 0.29) is 23.4 Å². The maximum Gasteiger partial charge on any atom is 0.262 e. The molecule has 0 bridgehead atoms. The number of aromatic nitrogens is 2. The summed E-state index contributed by atoms with van der Waals surface area (Å²) in [6, 6.07) is 0.412. The molecule has 0 saturated carbocycles. The van der Waals surface area contributed by atoms with Crippen molar-refractivity contribution in [2.24, 2.45) is 0 Å². The lowest BCUT2D eigenvalue weighted by Crippen LogP contribution is -2.49. The van der Waals surface area contributed by atoms with Crippen molar-refractivity contribution in [1.29, 1.82) is 0 Å². The van der Waals surface area contributed by atoms with Crippen molar-refractivity contribution in [1.82, 2.24) is 19.4 Å². The number of nitrogens with zero attached hydrogens (tertiary/aromatic N) is 4. The number of hydrogen-bond donors (Lipinski definition) is 0. The highest BCUT2D eigenvalue weighted by Crippen LogP contribution is 2.30. The van der Waals surface area contributed by atoms with Gasteiger partial charge in [-0.05, 0) is 65.0 Å². The first-order chi connectivity index (χ1) is 14.8. The molecule has 2 atom stereocenters. The zero-order chi connectivity index (χ0) is 22.3. The SMILES string of the molecule is Cc1sc2nc(C(C)C)n(C3CCCN(CC(=O)N4CCCCC4C)C3)c(=O)c2c1C. The fourth-order valence-corrected chi connectivity index (χ4v) is 6.25. The number of amides is 1. The Bertz CT molecular complexity index is 1020. The maximum absolute atomic E-state index is 13.6. The lowest BCUT2D eigenvalue weighted by molar-refractivity contribution is -0.136. The van der Waals surface area contributed by atoms with Gasteiger partial charge in [0.1, 0.15) is 10.7 Å². The molecule has 0 N–H and O–H groups in total. The topological polar surface area (TPSA) is 58.4 Å². The second-order valence-electron chi connectivity index (χ2n) is 9.73. The summed E-state index contributed by atoms with van der Waals surface area (Å²) < 4.78 is 1.96. The van der Waals surface area contributed by atoms with Gasteiger partial charge in [0.15, 0.2) is 0 Å². The van der Waals surface area contributed by atoms with Gasteiger partial charge in [-0.15, -0.1) is 11.3 Å². The van der Waals surface area contributed by atoms with Gasteiger partial charge in [-0.2, -0.15) is 0 Å². The summed E-state index contributed by atoms with van der Waals surface area (Å²) in [6.45, 7) is 13.5. The predicted molar refractivity (Wildman–Crippen MR) is 127 cm³/mol. The molecule has 4 rings (SSSR count). The molecular weight excluding hydrogens is 408 g/mol. The van der Waals surface area contributed by atoms with Gasteiger partial charge >= 0.3 is 0 Å². The van der Waals surface area contributed by atoms with E-state index in [4.69, 9.17) is 4.98 Å². The van der Waals surface area contributed by atoms with E-state index in [9.17, 15) is 9.59 Å². The van der Waals surface area contributed by atoms with Crippen molar-refractivity contribution in [2.75, 3.05) is 26.2 Å². The van der Waals surface area contributed by atoms with E-state index in [2.05, 4.69) is 37.5 Å². The lowest BCUT2D eigenvalue weighted by Gasteiger charge is -2.38. The van der Waals surface area contributed by atoms with Crippen LogP contribution in [0.1, 0.15) is 81.1 Å². The molecule has 2 aromatic heterocycles. The van der Waals surface area contributed by atoms with Crippen molar-refractivity contribution in [3.8, 4) is 0 Å². The van der Waals surface area contributed by atoms with Gasteiger partial charge in [-0.1, -0.05) is 13.8 Å². The van der Waals surface area contributed by atoms with E-state index in [0.717, 1.165) is 66.9 Å². The van der Waals surface area contributed by atoms with Crippen LogP contribution in [0.25, 0.3) is 10.2 Å². The summed E-state index contributed by atoms with van der Waals surface area (Å²) in [5.41, 5.74) is 1.15. The van der Waals surface area contributed by atoms with E-state index in [1.807, 2.05) is 11.5 Å². The van der Waals surface area contributed by atoms with Crippen LogP contribution in [0, 0.1) is 13.8 Å². The van der Waals surface area contributed by atoms with E-state index < -0.39 is 0 Å². The number of piperidine rings is 2. The fraction of sp³-hybridized carbons (Fsp3) is 0.708. The first-order valence-corrected chi connectivity index (χ1v) is 12.6. The molecule has 2 aliphatic heterocycles. The van der Waals surface area contributed by atoms with Crippen LogP contribution in [-0.4, -0.2) is 57.5 Å². The number of thiophene rings is 1. The molecule has 2 aliphatic rings. The van der Waals surface area contributed by atoms with Crippen LogP contribution >= 0.6 is 11.3 Å². The van der Waals surface area contributed by atoms with Crippen molar-refractivity contribution in [2.45, 2.75) is 84.7 Å². The zero-order valence-electron chi connectivity index (χ0n) is 19.6. The number of aryl methyl sites for hydroxylation is 2. The molecule has 2 unspecified atom stereocenters. The average Bonchev–Trinajstić information content (AvgIpc) is 3.02. The molecule has 31 heavy (non-hydrogen) atoms. The quantitative estimate of drug-likeness (QED) is 0.708. The summed E-state index contributed by atoms with van der Waals surface area (Å²) in [6.07, 6.45) is 5.38. The number of carbonyl (C=O) groups excluding carboxylic acids is 1. The standard InChI is InChI=1S/C24H36N4O2S/c1-15(2)22-25-23-21(17(4)18(5)31-23)24(30)28(22)19-10-8-11-26(13-19)14-20(29)27-12-7-6-9-16(27)3/h15-16,19H,6-14H2,1-5H3. The van der Waals surface area contributed by atoms with Crippen molar-refractivity contribution in [3.05, 3.63) is 26.6 Å². The van der Waals surface area contributed by atoms with E-state index in [1.165, 1.54) is 11.3 Å². The van der Waals surface area contributed by atoms with Gasteiger partial charge in [0.05, 0.1) is 18.0 Å². The first kappa shape index (κ1) is 22.5. The average molecular weight is 445 g/mol. The molecule has 170 valence electrons. The molecule has 1 amide bonds. The van der Waals surface area contributed by atoms with Crippen molar-refractivity contribution < 1.29 is 4.79 Å². The number of rotatable bonds is 4. The first-order valence-electron chi connectivity index (χ1n) is 11.8. The molecule has 0 aromatic carbocycles. The highest BCUT2D eigenvalue weighted by atomic mass is 32.1. The Morgan fingerprint density at radius 1 is 1.16 bits per heavy atom. The molecule has 0 aliphatic carbocycles. The summed E-state index contributed by atoms with van der Waals surface area (Å²) in [5.74, 6) is 1.29. The van der Waals surface area contributed by atoms with Gasteiger partial charge in [-0.3, -0.25) is 19.1 Å². The van der Waals surface area contributed by atoms with Crippen LogP contribution in [0.5, 0.6) is 0 Å². The summed E-state index contributed by atoms with van der Waals surface area (Å²) in [4.78, 5) is 37.9. The lowest BCUT2D eigenvalue weighted by atomic mass is 10.0. The molecule has 0 spiro atoms. The minimum Gasteiger partial charge on any atom is -0.339 e. The van der Waals surface area contributed by atoms with Crippen LogP contribution in [-0.2, 0) is 4.79 Å². The molecule has 2 fully saturated rings. The number of hydrogen-bond acceptors (Lipinski definition) is 5. The molecule has 4 heterocycles. The third-order valence-corrected chi connectivity index (χ3v) is 8.21. The molecule has 0 radical (unpaired) electrons. The third kappa shape index (κ3) is 4.31. The Morgan fingerprint density at radius 3 is 2.65 bits per heavy atom. The zero-order valence-corrected chi connectivity index (χ0v) is 20.4. The van der Waals surface area contributed by atoms with Gasteiger partial charge in [0.25, 0.3) is 5.56 Å².